The quantitative estimate of drug-likeness (QED) is 0.588. The molecule has 2 aliphatic rings. The maximum absolute atomic E-state index is 5.39. The second-order valence-electron chi connectivity index (χ2n) is 3.14. The molecule has 1 fully saturated rings. The highest BCUT2D eigenvalue weighted by molar-refractivity contribution is 5.82. The van der Waals surface area contributed by atoms with Gasteiger partial charge in [0.15, 0.2) is 12.4 Å². The van der Waals surface area contributed by atoms with Gasteiger partial charge < -0.3 is 14.3 Å². The summed E-state index contributed by atoms with van der Waals surface area (Å²) in [4.78, 5) is 5.14. The number of ether oxygens (including phenoxy) is 2. The van der Waals surface area contributed by atoms with Crippen molar-refractivity contribution in [1.82, 2.24) is 0 Å². The largest absolute Gasteiger partial charge is 0.387 e. The number of oxime groups is 1. The van der Waals surface area contributed by atoms with Gasteiger partial charge in [-0.05, 0) is 13.3 Å². The molecule has 0 amide bonds. The van der Waals surface area contributed by atoms with E-state index in [0.29, 0.717) is 0 Å². The molecule has 0 N–H and O–H groups in total. The molecule has 2 aliphatic heterocycles. The van der Waals surface area contributed by atoms with Gasteiger partial charge in [-0.1, -0.05) is 5.16 Å². The number of hydrogen-bond donors (Lipinski definition) is 0. The summed E-state index contributed by atoms with van der Waals surface area (Å²) in [5, 5.41) is 3.85. The summed E-state index contributed by atoms with van der Waals surface area (Å²) in [5.74, 6) is 0. The van der Waals surface area contributed by atoms with Gasteiger partial charge in [0, 0.05) is 6.42 Å². The Balaban J connectivity index is 1.85. The molecule has 4 nitrogen and oxygen atoms in total. The molecule has 1 atom stereocenters. The van der Waals surface area contributed by atoms with Crippen LogP contribution in [0.3, 0.4) is 0 Å². The first-order chi connectivity index (χ1) is 5.86. The average molecular weight is 171 g/mol. The van der Waals surface area contributed by atoms with Crippen LogP contribution in [-0.2, 0) is 14.3 Å². The number of nitrogens with zero attached hydrogens (tertiary/aromatic N) is 1. The molecule has 0 bridgehead atoms. The zero-order chi connectivity index (χ0) is 8.39. The third-order valence-corrected chi connectivity index (χ3v) is 2.00. The van der Waals surface area contributed by atoms with E-state index in [2.05, 4.69) is 5.16 Å². The van der Waals surface area contributed by atoms with Gasteiger partial charge in [-0.2, -0.15) is 0 Å². The van der Waals surface area contributed by atoms with Crippen molar-refractivity contribution < 1.29 is 14.3 Å². The van der Waals surface area contributed by atoms with E-state index in [9.17, 15) is 0 Å². The van der Waals surface area contributed by atoms with Crippen LogP contribution < -0.4 is 0 Å². The third kappa shape index (κ3) is 1.59. The van der Waals surface area contributed by atoms with Crippen LogP contribution in [0.4, 0.5) is 0 Å². The van der Waals surface area contributed by atoms with E-state index in [-0.39, 0.29) is 12.4 Å². The van der Waals surface area contributed by atoms with E-state index < -0.39 is 0 Å². The summed E-state index contributed by atoms with van der Waals surface area (Å²) in [6.07, 6.45) is 1.57. The van der Waals surface area contributed by atoms with Crippen LogP contribution in [-0.4, -0.2) is 31.3 Å². The van der Waals surface area contributed by atoms with E-state index in [0.717, 1.165) is 31.8 Å². The number of hydrogen-bond acceptors (Lipinski definition) is 4. The SMILES string of the molecule is CC1=NOC(C2OCCCO2)C1. The Labute approximate surface area is 71.5 Å². The van der Waals surface area contributed by atoms with E-state index in [1.54, 1.807) is 0 Å². The summed E-state index contributed by atoms with van der Waals surface area (Å²) in [5.41, 5.74) is 1.01. The summed E-state index contributed by atoms with van der Waals surface area (Å²) in [7, 11) is 0. The standard InChI is InChI=1S/C8H13NO3/c1-6-5-7(12-9-6)8-10-3-2-4-11-8/h7-8H,2-5H2,1H3. The average Bonchev–Trinajstić information content (AvgIpc) is 2.54. The highest BCUT2D eigenvalue weighted by Gasteiger charge is 2.31. The molecule has 1 saturated heterocycles. The minimum atomic E-state index is -0.208. The predicted molar refractivity (Wildman–Crippen MR) is 42.9 cm³/mol. The van der Waals surface area contributed by atoms with Gasteiger partial charge in [-0.3, -0.25) is 0 Å². The van der Waals surface area contributed by atoms with Gasteiger partial charge in [-0.15, -0.1) is 0 Å². The number of rotatable bonds is 1. The molecule has 0 radical (unpaired) electrons. The Hall–Kier alpha value is -0.610. The van der Waals surface area contributed by atoms with Crippen molar-refractivity contribution in [2.45, 2.75) is 32.2 Å². The molecular formula is C8H13NO3. The van der Waals surface area contributed by atoms with Crippen LogP contribution in [0.2, 0.25) is 0 Å². The molecular weight excluding hydrogens is 158 g/mol. The normalized spacial score (nSPS) is 31.4. The van der Waals surface area contributed by atoms with Crippen molar-refractivity contribution in [2.75, 3.05) is 13.2 Å². The van der Waals surface area contributed by atoms with E-state index in [4.69, 9.17) is 14.3 Å². The lowest BCUT2D eigenvalue weighted by Gasteiger charge is -2.26. The van der Waals surface area contributed by atoms with Crippen molar-refractivity contribution in [2.24, 2.45) is 5.16 Å². The van der Waals surface area contributed by atoms with E-state index in [1.165, 1.54) is 0 Å². The first-order valence-electron chi connectivity index (χ1n) is 4.29. The Morgan fingerprint density at radius 1 is 1.33 bits per heavy atom. The van der Waals surface area contributed by atoms with Crippen LogP contribution in [0, 0.1) is 0 Å². The second-order valence-corrected chi connectivity index (χ2v) is 3.14. The van der Waals surface area contributed by atoms with Gasteiger partial charge in [0.25, 0.3) is 0 Å². The zero-order valence-electron chi connectivity index (χ0n) is 7.16. The lowest BCUT2D eigenvalue weighted by atomic mass is 10.2. The Morgan fingerprint density at radius 2 is 2.08 bits per heavy atom. The first-order valence-corrected chi connectivity index (χ1v) is 4.29. The lowest BCUT2D eigenvalue weighted by Crippen LogP contribution is -2.36. The van der Waals surface area contributed by atoms with E-state index in [1.807, 2.05) is 6.92 Å². The highest BCUT2D eigenvalue weighted by atomic mass is 16.7. The lowest BCUT2D eigenvalue weighted by molar-refractivity contribution is -0.227. The van der Waals surface area contributed by atoms with Crippen LogP contribution in [0.5, 0.6) is 0 Å². The molecule has 68 valence electrons. The Morgan fingerprint density at radius 3 is 2.67 bits per heavy atom. The molecule has 0 aromatic carbocycles. The predicted octanol–water partition coefficient (Wildman–Crippen LogP) is 0.914. The maximum Gasteiger partial charge on any atom is 0.197 e. The molecule has 0 aromatic rings. The molecule has 1 unspecified atom stereocenters. The van der Waals surface area contributed by atoms with Crippen molar-refractivity contribution in [3.63, 3.8) is 0 Å². The minimum Gasteiger partial charge on any atom is -0.387 e. The van der Waals surface area contributed by atoms with Crippen LogP contribution in [0.25, 0.3) is 0 Å². The van der Waals surface area contributed by atoms with Crippen LogP contribution >= 0.6 is 0 Å². The molecule has 2 heterocycles. The smallest absolute Gasteiger partial charge is 0.197 e. The fourth-order valence-corrected chi connectivity index (χ4v) is 1.39. The molecule has 4 heteroatoms. The van der Waals surface area contributed by atoms with Crippen molar-refractivity contribution >= 4 is 5.71 Å². The van der Waals surface area contributed by atoms with Crippen LogP contribution in [0.1, 0.15) is 19.8 Å². The molecule has 2 rings (SSSR count). The Kier molecular flexibility index (Phi) is 2.28. The van der Waals surface area contributed by atoms with Crippen molar-refractivity contribution in [3.8, 4) is 0 Å². The monoisotopic (exact) mass is 171 g/mol. The summed E-state index contributed by atoms with van der Waals surface area (Å²) in [6.45, 7) is 3.48. The van der Waals surface area contributed by atoms with Crippen molar-refractivity contribution in [1.29, 1.82) is 0 Å². The van der Waals surface area contributed by atoms with Gasteiger partial charge in [-0.25, -0.2) is 0 Å². The highest BCUT2D eigenvalue weighted by Crippen LogP contribution is 2.19. The molecule has 0 saturated carbocycles. The minimum absolute atomic E-state index is 0.0229. The van der Waals surface area contributed by atoms with Crippen LogP contribution in [0.15, 0.2) is 5.16 Å². The Bertz CT molecular complexity index is 187. The maximum atomic E-state index is 5.39. The molecule has 0 aliphatic carbocycles. The topological polar surface area (TPSA) is 40.0 Å². The van der Waals surface area contributed by atoms with Gasteiger partial charge in [0.2, 0.25) is 0 Å². The van der Waals surface area contributed by atoms with Gasteiger partial charge >= 0.3 is 0 Å². The second kappa shape index (κ2) is 3.41. The molecule has 12 heavy (non-hydrogen) atoms. The van der Waals surface area contributed by atoms with E-state index >= 15 is 0 Å². The zero-order valence-corrected chi connectivity index (χ0v) is 7.16. The van der Waals surface area contributed by atoms with Gasteiger partial charge in [0.1, 0.15) is 0 Å². The third-order valence-electron chi connectivity index (χ3n) is 2.00. The fourth-order valence-electron chi connectivity index (χ4n) is 1.39. The summed E-state index contributed by atoms with van der Waals surface area (Å²) >= 11 is 0. The fraction of sp³-hybridized carbons (Fsp3) is 0.875. The molecule has 0 aromatic heterocycles. The molecule has 0 spiro atoms. The summed E-state index contributed by atoms with van der Waals surface area (Å²) in [6, 6.07) is 0. The summed E-state index contributed by atoms with van der Waals surface area (Å²) < 4.78 is 10.8. The first kappa shape index (κ1) is 8.01. The van der Waals surface area contributed by atoms with Crippen molar-refractivity contribution in [3.05, 3.63) is 0 Å². The van der Waals surface area contributed by atoms with Gasteiger partial charge in [0.05, 0.1) is 18.9 Å².